The molecular weight excluding hydrogens is 466 g/mol. The van der Waals surface area contributed by atoms with Crippen molar-refractivity contribution in [2.24, 2.45) is 10.8 Å². The third kappa shape index (κ3) is 9.70. The molecule has 1 heterocycles. The number of rotatable bonds is 9. The van der Waals surface area contributed by atoms with Crippen molar-refractivity contribution in [1.82, 2.24) is 10.8 Å². The van der Waals surface area contributed by atoms with Gasteiger partial charge in [0.1, 0.15) is 5.60 Å². The van der Waals surface area contributed by atoms with Crippen LogP contribution in [0.4, 0.5) is 10.5 Å². The summed E-state index contributed by atoms with van der Waals surface area (Å²) in [6.45, 7) is 13.9. The summed E-state index contributed by atoms with van der Waals surface area (Å²) in [6, 6.07) is 9.18. The van der Waals surface area contributed by atoms with Gasteiger partial charge in [-0.25, -0.2) is 10.3 Å². The van der Waals surface area contributed by atoms with Crippen molar-refractivity contribution in [2.75, 3.05) is 11.9 Å². The molecule has 0 radical (unpaired) electrons. The van der Waals surface area contributed by atoms with Crippen LogP contribution in [0.5, 0.6) is 0 Å². The van der Waals surface area contributed by atoms with Crippen LogP contribution in [0.3, 0.4) is 0 Å². The lowest BCUT2D eigenvalue weighted by Crippen LogP contribution is -2.37. The average Bonchev–Trinajstić information content (AvgIpc) is 3.20. The molecule has 0 saturated heterocycles. The van der Waals surface area contributed by atoms with E-state index >= 15 is 0 Å². The largest absolute Gasteiger partial charge is 0.444 e. The summed E-state index contributed by atoms with van der Waals surface area (Å²) in [5.41, 5.74) is 3.01. The number of carbonyl (C=O) groups is 3. The molecule has 4 N–H and O–H groups in total. The Hall–Kier alpha value is -2.91. The molecule has 1 aromatic carbocycles. The van der Waals surface area contributed by atoms with Crippen LogP contribution in [-0.2, 0) is 9.53 Å². The van der Waals surface area contributed by atoms with Gasteiger partial charge in [-0.3, -0.25) is 20.1 Å². The van der Waals surface area contributed by atoms with Crippen molar-refractivity contribution in [2.45, 2.75) is 66.9 Å². The molecular formula is C26H37N3O5S. The molecule has 1 aromatic heterocycles. The molecule has 192 valence electrons. The van der Waals surface area contributed by atoms with E-state index in [9.17, 15) is 14.4 Å². The molecule has 9 heteroatoms. The molecule has 0 aliphatic carbocycles. The van der Waals surface area contributed by atoms with Gasteiger partial charge in [0, 0.05) is 18.7 Å². The van der Waals surface area contributed by atoms with E-state index in [-0.39, 0.29) is 23.2 Å². The maximum atomic E-state index is 12.8. The van der Waals surface area contributed by atoms with E-state index in [1.54, 1.807) is 38.4 Å². The fraction of sp³-hybridized carbons (Fsp3) is 0.500. The first-order valence-electron chi connectivity index (χ1n) is 11.5. The Bertz CT molecular complexity index is 1040. The van der Waals surface area contributed by atoms with Crippen molar-refractivity contribution in [1.29, 1.82) is 0 Å². The van der Waals surface area contributed by atoms with Crippen LogP contribution in [0.25, 0.3) is 11.1 Å². The second-order valence-corrected chi connectivity index (χ2v) is 12.2. The van der Waals surface area contributed by atoms with E-state index in [1.807, 2.05) is 51.3 Å². The van der Waals surface area contributed by atoms with Crippen LogP contribution in [0.2, 0.25) is 0 Å². The molecule has 2 rings (SSSR count). The van der Waals surface area contributed by atoms with Gasteiger partial charge in [0.05, 0.1) is 4.88 Å². The summed E-state index contributed by atoms with van der Waals surface area (Å²) >= 11 is 1.37. The predicted octanol–water partition coefficient (Wildman–Crippen LogP) is 5.83. The zero-order valence-electron chi connectivity index (χ0n) is 21.6. The normalized spacial score (nSPS) is 12.1. The van der Waals surface area contributed by atoms with Gasteiger partial charge in [0.25, 0.3) is 5.91 Å². The molecule has 0 saturated carbocycles. The Morgan fingerprint density at radius 3 is 2.14 bits per heavy atom. The second kappa shape index (κ2) is 11.2. The van der Waals surface area contributed by atoms with Crippen LogP contribution in [0.1, 0.15) is 71.0 Å². The third-order valence-corrected chi connectivity index (χ3v) is 6.06. The number of hydroxylamine groups is 1. The highest BCUT2D eigenvalue weighted by Crippen LogP contribution is 2.36. The van der Waals surface area contributed by atoms with Crippen molar-refractivity contribution in [3.05, 3.63) is 40.6 Å². The van der Waals surface area contributed by atoms with Gasteiger partial charge in [-0.05, 0) is 72.7 Å². The minimum atomic E-state index is -0.570. The Labute approximate surface area is 211 Å². The molecule has 0 aliphatic heterocycles. The number of nitrogens with one attached hydrogen (secondary N) is 3. The van der Waals surface area contributed by atoms with Crippen LogP contribution in [-0.4, -0.2) is 35.3 Å². The summed E-state index contributed by atoms with van der Waals surface area (Å²) in [6.07, 6.45) is 0.372. The van der Waals surface area contributed by atoms with Gasteiger partial charge in [-0.2, -0.15) is 0 Å². The number of carbonyl (C=O) groups excluding carboxylic acids is 3. The smallest absolute Gasteiger partial charge is 0.412 e. The number of hydrogen-bond donors (Lipinski definition) is 4. The Morgan fingerprint density at radius 2 is 1.57 bits per heavy atom. The molecule has 0 spiro atoms. The minimum absolute atomic E-state index is 0.150. The monoisotopic (exact) mass is 503 g/mol. The summed E-state index contributed by atoms with van der Waals surface area (Å²) < 4.78 is 5.26. The quantitative estimate of drug-likeness (QED) is 0.254. The molecule has 8 nitrogen and oxygen atoms in total. The number of amides is 3. The Kier molecular flexibility index (Phi) is 9.08. The van der Waals surface area contributed by atoms with Gasteiger partial charge >= 0.3 is 6.09 Å². The fourth-order valence-corrected chi connectivity index (χ4v) is 4.91. The van der Waals surface area contributed by atoms with Gasteiger partial charge in [-0.15, -0.1) is 11.3 Å². The number of benzene rings is 1. The van der Waals surface area contributed by atoms with E-state index < -0.39 is 17.6 Å². The van der Waals surface area contributed by atoms with Crippen molar-refractivity contribution in [3.63, 3.8) is 0 Å². The van der Waals surface area contributed by atoms with Crippen LogP contribution in [0, 0.1) is 10.8 Å². The molecule has 0 atom stereocenters. The van der Waals surface area contributed by atoms with Gasteiger partial charge < -0.3 is 10.1 Å². The van der Waals surface area contributed by atoms with Crippen molar-refractivity contribution in [3.8, 4) is 11.1 Å². The first kappa shape index (κ1) is 28.3. The van der Waals surface area contributed by atoms with E-state index in [4.69, 9.17) is 9.94 Å². The highest BCUT2D eigenvalue weighted by molar-refractivity contribution is 7.12. The number of anilines is 1. The average molecular weight is 504 g/mol. The van der Waals surface area contributed by atoms with E-state index in [0.717, 1.165) is 11.1 Å². The first-order valence-corrected chi connectivity index (χ1v) is 12.4. The lowest BCUT2D eigenvalue weighted by molar-refractivity contribution is -0.131. The van der Waals surface area contributed by atoms with Crippen molar-refractivity contribution < 1.29 is 24.3 Å². The maximum Gasteiger partial charge on any atom is 0.412 e. The second-order valence-electron chi connectivity index (χ2n) is 11.3. The maximum absolute atomic E-state index is 12.8. The minimum Gasteiger partial charge on any atom is -0.444 e. The third-order valence-electron chi connectivity index (χ3n) is 5.14. The summed E-state index contributed by atoms with van der Waals surface area (Å²) in [5, 5.41) is 16.4. The SMILES string of the molecule is CC(C)(CNC(=O)c1cc(-c2ccc(NC(=O)OC(C)(C)C)cc2)cs1)CC(C)(C)CC(=O)NO. The van der Waals surface area contributed by atoms with E-state index in [2.05, 4.69) is 10.6 Å². The van der Waals surface area contributed by atoms with Gasteiger partial charge in [0.2, 0.25) is 5.91 Å². The zero-order chi connectivity index (χ0) is 26.4. The highest BCUT2D eigenvalue weighted by Gasteiger charge is 2.31. The Morgan fingerprint density at radius 1 is 0.943 bits per heavy atom. The van der Waals surface area contributed by atoms with Crippen LogP contribution in [0.15, 0.2) is 35.7 Å². The molecule has 3 amide bonds. The Balaban J connectivity index is 1.95. The zero-order valence-corrected chi connectivity index (χ0v) is 22.4. The molecule has 0 aliphatic rings. The standard InChI is InChI=1S/C26H37N3O5S/c1-24(2,3)34-23(32)28-19-10-8-17(9-11-19)18-12-20(35-14-18)22(31)27-16-26(6,7)15-25(4,5)13-21(30)29-33/h8-12,14,33H,13,15-16H2,1-7H3,(H,27,31)(H,28,32)(H,29,30). The number of hydrogen-bond acceptors (Lipinski definition) is 6. The highest BCUT2D eigenvalue weighted by atomic mass is 32.1. The van der Waals surface area contributed by atoms with Crippen LogP contribution < -0.4 is 16.1 Å². The molecule has 0 bridgehead atoms. The molecule has 2 aromatic rings. The lowest BCUT2D eigenvalue weighted by Gasteiger charge is -2.34. The fourth-order valence-electron chi connectivity index (χ4n) is 4.08. The van der Waals surface area contributed by atoms with E-state index in [1.165, 1.54) is 11.3 Å². The summed E-state index contributed by atoms with van der Waals surface area (Å²) in [5.74, 6) is -0.571. The topological polar surface area (TPSA) is 117 Å². The van der Waals surface area contributed by atoms with Gasteiger partial charge in [-0.1, -0.05) is 39.8 Å². The predicted molar refractivity (Wildman–Crippen MR) is 139 cm³/mol. The molecule has 0 unspecified atom stereocenters. The number of ether oxygens (including phenoxy) is 1. The van der Waals surface area contributed by atoms with Crippen LogP contribution >= 0.6 is 11.3 Å². The van der Waals surface area contributed by atoms with E-state index in [0.29, 0.717) is 23.5 Å². The molecule has 35 heavy (non-hydrogen) atoms. The van der Waals surface area contributed by atoms with Gasteiger partial charge in [0.15, 0.2) is 0 Å². The number of thiophene rings is 1. The van der Waals surface area contributed by atoms with Crippen molar-refractivity contribution >= 4 is 34.9 Å². The lowest BCUT2D eigenvalue weighted by atomic mass is 9.73. The first-order chi connectivity index (χ1) is 16.1. The summed E-state index contributed by atoms with van der Waals surface area (Å²) in [7, 11) is 0. The summed E-state index contributed by atoms with van der Waals surface area (Å²) in [4.78, 5) is 36.8. The molecule has 0 fully saturated rings.